The number of hydrogen-bond donors (Lipinski definition) is 1. The van der Waals surface area contributed by atoms with Gasteiger partial charge in [-0.05, 0) is 26.2 Å². The van der Waals surface area contributed by atoms with Gasteiger partial charge in [-0.15, -0.1) is 0 Å². The summed E-state index contributed by atoms with van der Waals surface area (Å²) in [6.07, 6.45) is 2.38. The lowest BCUT2D eigenvalue weighted by Gasteiger charge is -2.25. The molecular formula is C13H20N4O4. The smallest absolute Gasteiger partial charge is 0.333 e. The van der Waals surface area contributed by atoms with Gasteiger partial charge >= 0.3 is 11.7 Å². The van der Waals surface area contributed by atoms with Crippen LogP contribution < -0.4 is 4.90 Å². The van der Waals surface area contributed by atoms with E-state index in [-0.39, 0.29) is 18.2 Å². The molecule has 116 valence electrons. The largest absolute Gasteiger partial charge is 0.481 e. The third kappa shape index (κ3) is 2.98. The summed E-state index contributed by atoms with van der Waals surface area (Å²) in [5.74, 6) is -0.420. The standard InChI is InChI=1S/C13H20N4O4/c1-3-6-16-13(12(17(20)21)9(2)14-16)15-7-4-5-10(15)8-11(18)19/h10H,3-8H2,1-2H3,(H,18,19). The Bertz CT molecular complexity index is 555. The van der Waals surface area contributed by atoms with Crippen molar-refractivity contribution >= 4 is 17.5 Å². The second-order valence-electron chi connectivity index (χ2n) is 5.33. The van der Waals surface area contributed by atoms with Gasteiger partial charge in [0.2, 0.25) is 5.82 Å². The third-order valence-electron chi connectivity index (χ3n) is 3.75. The van der Waals surface area contributed by atoms with E-state index in [1.807, 2.05) is 11.8 Å². The van der Waals surface area contributed by atoms with Gasteiger partial charge in [-0.25, -0.2) is 4.68 Å². The lowest BCUT2D eigenvalue weighted by atomic mass is 10.1. The number of aromatic nitrogens is 2. The summed E-state index contributed by atoms with van der Waals surface area (Å²) >= 11 is 0. The van der Waals surface area contributed by atoms with Crippen LogP contribution in [-0.4, -0.2) is 38.4 Å². The number of hydrogen-bond acceptors (Lipinski definition) is 5. The fourth-order valence-corrected chi connectivity index (χ4v) is 2.95. The summed E-state index contributed by atoms with van der Waals surface area (Å²) in [5.41, 5.74) is 0.380. The summed E-state index contributed by atoms with van der Waals surface area (Å²) in [4.78, 5) is 23.8. The number of rotatable bonds is 6. The Morgan fingerprint density at radius 2 is 2.29 bits per heavy atom. The van der Waals surface area contributed by atoms with Crippen LogP contribution in [0.5, 0.6) is 0 Å². The Kier molecular flexibility index (Phi) is 4.44. The molecule has 0 aliphatic carbocycles. The average molecular weight is 296 g/mol. The molecule has 1 aliphatic heterocycles. The van der Waals surface area contributed by atoms with Crippen molar-refractivity contribution in [3.8, 4) is 0 Å². The maximum atomic E-state index is 11.4. The molecule has 0 radical (unpaired) electrons. The van der Waals surface area contributed by atoms with Crippen molar-refractivity contribution in [1.82, 2.24) is 9.78 Å². The zero-order valence-electron chi connectivity index (χ0n) is 12.3. The number of aliphatic carboxylic acids is 1. The minimum atomic E-state index is -0.882. The number of nitro groups is 1. The van der Waals surface area contributed by atoms with Crippen molar-refractivity contribution in [3.63, 3.8) is 0 Å². The zero-order chi connectivity index (χ0) is 15.6. The van der Waals surface area contributed by atoms with E-state index in [1.54, 1.807) is 11.6 Å². The molecule has 1 fully saturated rings. The number of aryl methyl sites for hydroxylation is 2. The van der Waals surface area contributed by atoms with Gasteiger partial charge in [-0.2, -0.15) is 5.10 Å². The first kappa shape index (κ1) is 15.3. The molecule has 0 aromatic carbocycles. The Hall–Kier alpha value is -2.12. The second kappa shape index (κ2) is 6.11. The molecule has 0 spiro atoms. The van der Waals surface area contributed by atoms with Crippen LogP contribution in [0, 0.1) is 17.0 Å². The van der Waals surface area contributed by atoms with Crippen LogP contribution >= 0.6 is 0 Å². The highest BCUT2D eigenvalue weighted by Gasteiger charge is 2.36. The third-order valence-corrected chi connectivity index (χ3v) is 3.75. The first-order chi connectivity index (χ1) is 9.95. The molecule has 1 saturated heterocycles. The molecule has 0 bridgehead atoms. The van der Waals surface area contributed by atoms with Gasteiger partial charge in [-0.1, -0.05) is 6.92 Å². The molecule has 21 heavy (non-hydrogen) atoms. The molecule has 0 amide bonds. The van der Waals surface area contributed by atoms with Gasteiger partial charge in [0.15, 0.2) is 0 Å². The van der Waals surface area contributed by atoms with Crippen LogP contribution in [0.2, 0.25) is 0 Å². The number of carbonyl (C=O) groups is 1. The van der Waals surface area contributed by atoms with Gasteiger partial charge in [0.05, 0.1) is 11.3 Å². The molecule has 8 heteroatoms. The normalized spacial score (nSPS) is 18.2. The maximum absolute atomic E-state index is 11.4. The summed E-state index contributed by atoms with van der Waals surface area (Å²) in [5, 5.41) is 24.6. The van der Waals surface area contributed by atoms with Crippen LogP contribution in [0.1, 0.15) is 38.3 Å². The van der Waals surface area contributed by atoms with E-state index in [4.69, 9.17) is 5.11 Å². The highest BCUT2D eigenvalue weighted by molar-refractivity contribution is 5.70. The van der Waals surface area contributed by atoms with Crippen LogP contribution in [0.3, 0.4) is 0 Å². The lowest BCUT2D eigenvalue weighted by Crippen LogP contribution is -2.33. The summed E-state index contributed by atoms with van der Waals surface area (Å²) in [7, 11) is 0. The Balaban J connectivity index is 2.44. The SMILES string of the molecule is CCCn1nc(C)c([N+](=O)[O-])c1N1CCCC1CC(=O)O. The molecule has 1 aromatic rings. The molecule has 2 heterocycles. The van der Waals surface area contributed by atoms with E-state index in [1.165, 1.54) is 0 Å². The van der Waals surface area contributed by atoms with Crippen molar-refractivity contribution in [2.45, 2.75) is 52.1 Å². The van der Waals surface area contributed by atoms with Crippen LogP contribution in [0.25, 0.3) is 0 Å². The van der Waals surface area contributed by atoms with Crippen LogP contribution in [0.4, 0.5) is 11.5 Å². The molecule has 1 aromatic heterocycles. The van der Waals surface area contributed by atoms with E-state index < -0.39 is 10.9 Å². The highest BCUT2D eigenvalue weighted by atomic mass is 16.6. The van der Waals surface area contributed by atoms with E-state index in [0.29, 0.717) is 24.6 Å². The van der Waals surface area contributed by atoms with E-state index in [9.17, 15) is 14.9 Å². The molecular weight excluding hydrogens is 276 g/mol. The fraction of sp³-hybridized carbons (Fsp3) is 0.692. The van der Waals surface area contributed by atoms with Crippen molar-refractivity contribution in [2.75, 3.05) is 11.4 Å². The van der Waals surface area contributed by atoms with Crippen molar-refractivity contribution in [1.29, 1.82) is 0 Å². The quantitative estimate of drug-likeness (QED) is 0.636. The van der Waals surface area contributed by atoms with Crippen molar-refractivity contribution in [2.24, 2.45) is 0 Å². The van der Waals surface area contributed by atoms with Crippen molar-refractivity contribution < 1.29 is 14.8 Å². The van der Waals surface area contributed by atoms with E-state index >= 15 is 0 Å². The molecule has 2 rings (SSSR count). The molecule has 1 unspecified atom stereocenters. The first-order valence-electron chi connectivity index (χ1n) is 7.16. The van der Waals surface area contributed by atoms with Crippen LogP contribution in [0.15, 0.2) is 0 Å². The summed E-state index contributed by atoms with van der Waals surface area (Å²) in [6, 6.07) is -0.201. The highest BCUT2D eigenvalue weighted by Crippen LogP contribution is 2.36. The molecule has 1 aliphatic rings. The van der Waals surface area contributed by atoms with Crippen molar-refractivity contribution in [3.05, 3.63) is 15.8 Å². The Morgan fingerprint density at radius 1 is 1.57 bits per heavy atom. The number of nitrogens with zero attached hydrogens (tertiary/aromatic N) is 4. The molecule has 8 nitrogen and oxygen atoms in total. The Morgan fingerprint density at radius 3 is 2.86 bits per heavy atom. The van der Waals surface area contributed by atoms with Gasteiger partial charge in [0.25, 0.3) is 0 Å². The summed E-state index contributed by atoms with van der Waals surface area (Å²) in [6.45, 7) is 4.81. The zero-order valence-corrected chi connectivity index (χ0v) is 12.3. The molecule has 1 atom stereocenters. The first-order valence-corrected chi connectivity index (χ1v) is 7.16. The van der Waals surface area contributed by atoms with Gasteiger partial charge in [0, 0.05) is 19.1 Å². The van der Waals surface area contributed by atoms with Gasteiger partial charge in [-0.3, -0.25) is 14.9 Å². The number of carboxylic acid groups (broad SMARTS) is 1. The topological polar surface area (TPSA) is 101 Å². The predicted octanol–water partition coefficient (Wildman–Crippen LogP) is 1.95. The summed E-state index contributed by atoms with van der Waals surface area (Å²) < 4.78 is 1.65. The van der Waals surface area contributed by atoms with Crippen LogP contribution in [-0.2, 0) is 11.3 Å². The molecule has 0 saturated carbocycles. The molecule has 1 N–H and O–H groups in total. The Labute approximate surface area is 122 Å². The minimum Gasteiger partial charge on any atom is -0.481 e. The predicted molar refractivity (Wildman–Crippen MR) is 76.5 cm³/mol. The minimum absolute atomic E-state index is 0.000684. The van der Waals surface area contributed by atoms with E-state index in [0.717, 1.165) is 19.3 Å². The monoisotopic (exact) mass is 296 g/mol. The van der Waals surface area contributed by atoms with Gasteiger partial charge in [0.1, 0.15) is 5.69 Å². The fourth-order valence-electron chi connectivity index (χ4n) is 2.95. The maximum Gasteiger partial charge on any atom is 0.333 e. The van der Waals surface area contributed by atoms with Gasteiger partial charge < -0.3 is 10.0 Å². The van der Waals surface area contributed by atoms with E-state index in [2.05, 4.69) is 5.10 Å². The second-order valence-corrected chi connectivity index (χ2v) is 5.33. The lowest BCUT2D eigenvalue weighted by molar-refractivity contribution is -0.384. The number of carboxylic acids is 1. The average Bonchev–Trinajstić information content (AvgIpc) is 2.93. The number of anilines is 1.